The molecular formula is C18H23FN4O2. The molecule has 0 saturated carbocycles. The van der Waals surface area contributed by atoms with E-state index in [2.05, 4.69) is 27.0 Å². The molecule has 2 aliphatic heterocycles. The maximum absolute atomic E-state index is 13.1. The van der Waals surface area contributed by atoms with Gasteiger partial charge in [-0.15, -0.1) is 0 Å². The Bertz CT molecular complexity index is 712. The fraction of sp³-hybridized carbons (Fsp3) is 0.556. The molecule has 2 aromatic rings. The van der Waals surface area contributed by atoms with Crippen molar-refractivity contribution in [3.63, 3.8) is 0 Å². The highest BCUT2D eigenvalue weighted by Crippen LogP contribution is 2.36. The Morgan fingerprint density at radius 1 is 1.20 bits per heavy atom. The second-order valence-corrected chi connectivity index (χ2v) is 7.10. The van der Waals surface area contributed by atoms with Crippen LogP contribution in [0.1, 0.15) is 31.2 Å². The van der Waals surface area contributed by atoms with Crippen LogP contribution in [0.4, 0.5) is 4.39 Å². The van der Waals surface area contributed by atoms with E-state index in [1.54, 1.807) is 12.1 Å². The molecule has 2 unspecified atom stereocenters. The Morgan fingerprint density at radius 3 is 2.64 bits per heavy atom. The molecule has 7 heteroatoms. The maximum atomic E-state index is 13.1. The third-order valence-corrected chi connectivity index (χ3v) is 5.30. The van der Waals surface area contributed by atoms with E-state index in [9.17, 15) is 9.50 Å². The van der Waals surface area contributed by atoms with Crippen LogP contribution in [0.15, 0.2) is 28.8 Å². The van der Waals surface area contributed by atoms with Gasteiger partial charge in [0.2, 0.25) is 11.7 Å². The predicted molar refractivity (Wildman–Crippen MR) is 90.3 cm³/mol. The van der Waals surface area contributed by atoms with Crippen LogP contribution in [0.2, 0.25) is 0 Å². The number of rotatable bonds is 3. The quantitative estimate of drug-likeness (QED) is 0.918. The highest BCUT2D eigenvalue weighted by Gasteiger charge is 2.40. The van der Waals surface area contributed by atoms with Crippen molar-refractivity contribution >= 4 is 0 Å². The molecule has 2 aliphatic rings. The van der Waals surface area contributed by atoms with Gasteiger partial charge in [0.25, 0.3) is 0 Å². The van der Waals surface area contributed by atoms with E-state index < -0.39 is 0 Å². The van der Waals surface area contributed by atoms with Crippen molar-refractivity contribution < 1.29 is 14.0 Å². The molecule has 1 aromatic carbocycles. The number of aliphatic hydroxyl groups excluding tert-OH is 1. The SMILES string of the molecule is CN1CCC(N2CC(O)CC2c2nc(-c3ccc(F)cc3)no2)CC1. The van der Waals surface area contributed by atoms with Gasteiger partial charge in [-0.05, 0) is 63.7 Å². The van der Waals surface area contributed by atoms with Gasteiger partial charge in [-0.1, -0.05) is 5.16 Å². The number of likely N-dealkylation sites (tertiary alicyclic amines) is 2. The average Bonchev–Trinajstić information content (AvgIpc) is 3.23. The van der Waals surface area contributed by atoms with E-state index in [0.29, 0.717) is 30.7 Å². The lowest BCUT2D eigenvalue weighted by molar-refractivity contribution is 0.0881. The molecular weight excluding hydrogens is 323 g/mol. The summed E-state index contributed by atoms with van der Waals surface area (Å²) in [7, 11) is 2.14. The topological polar surface area (TPSA) is 65.6 Å². The lowest BCUT2D eigenvalue weighted by atomic mass is 10.0. The normalized spacial score (nSPS) is 26.4. The van der Waals surface area contributed by atoms with E-state index in [0.717, 1.165) is 31.5 Å². The van der Waals surface area contributed by atoms with Crippen molar-refractivity contribution in [2.75, 3.05) is 26.7 Å². The minimum absolute atomic E-state index is 0.0508. The van der Waals surface area contributed by atoms with Gasteiger partial charge in [-0.3, -0.25) is 4.90 Å². The highest BCUT2D eigenvalue weighted by atomic mass is 19.1. The van der Waals surface area contributed by atoms with Gasteiger partial charge in [0, 0.05) is 18.2 Å². The summed E-state index contributed by atoms with van der Waals surface area (Å²) in [6, 6.07) is 6.43. The first-order chi connectivity index (χ1) is 12.1. The van der Waals surface area contributed by atoms with Crippen LogP contribution in [0.3, 0.4) is 0 Å². The maximum Gasteiger partial charge on any atom is 0.244 e. The molecule has 6 nitrogen and oxygen atoms in total. The Balaban J connectivity index is 1.54. The molecule has 2 saturated heterocycles. The number of benzene rings is 1. The van der Waals surface area contributed by atoms with Crippen molar-refractivity contribution in [3.8, 4) is 11.4 Å². The van der Waals surface area contributed by atoms with Gasteiger partial charge in [-0.2, -0.15) is 4.98 Å². The van der Waals surface area contributed by atoms with Crippen molar-refractivity contribution in [3.05, 3.63) is 36.0 Å². The molecule has 0 aliphatic carbocycles. The zero-order valence-corrected chi connectivity index (χ0v) is 14.3. The second kappa shape index (κ2) is 6.82. The Morgan fingerprint density at radius 2 is 1.92 bits per heavy atom. The van der Waals surface area contributed by atoms with Gasteiger partial charge in [0.15, 0.2) is 0 Å². The minimum atomic E-state index is -0.370. The number of piperidine rings is 1. The summed E-state index contributed by atoms with van der Waals surface area (Å²) in [5.41, 5.74) is 0.723. The van der Waals surface area contributed by atoms with E-state index in [1.165, 1.54) is 12.1 Å². The molecule has 0 spiro atoms. The Kier molecular flexibility index (Phi) is 4.54. The van der Waals surface area contributed by atoms with Crippen LogP contribution in [0, 0.1) is 5.82 Å². The van der Waals surface area contributed by atoms with Gasteiger partial charge >= 0.3 is 0 Å². The van der Waals surface area contributed by atoms with Gasteiger partial charge in [0.1, 0.15) is 5.82 Å². The molecule has 0 radical (unpaired) electrons. The summed E-state index contributed by atoms with van der Waals surface area (Å²) in [6.45, 7) is 2.77. The number of aliphatic hydroxyl groups is 1. The molecule has 1 aromatic heterocycles. The molecule has 0 bridgehead atoms. The monoisotopic (exact) mass is 346 g/mol. The van der Waals surface area contributed by atoms with Crippen molar-refractivity contribution in [2.24, 2.45) is 0 Å². The first kappa shape index (κ1) is 16.6. The van der Waals surface area contributed by atoms with E-state index >= 15 is 0 Å². The minimum Gasteiger partial charge on any atom is -0.392 e. The fourth-order valence-electron chi connectivity index (χ4n) is 3.90. The van der Waals surface area contributed by atoms with Gasteiger partial charge in [-0.25, -0.2) is 4.39 Å². The number of hydrogen-bond acceptors (Lipinski definition) is 6. The lowest BCUT2D eigenvalue weighted by Gasteiger charge is -2.37. The third-order valence-electron chi connectivity index (χ3n) is 5.30. The standard InChI is InChI=1S/C18H23FN4O2/c1-22-8-6-14(7-9-22)23-11-15(24)10-16(23)18-20-17(21-25-18)12-2-4-13(19)5-3-12/h2-5,14-16,24H,6-11H2,1H3. The van der Waals surface area contributed by atoms with Crippen LogP contribution >= 0.6 is 0 Å². The summed E-state index contributed by atoms with van der Waals surface area (Å²) >= 11 is 0. The van der Waals surface area contributed by atoms with Crippen LogP contribution in [0.25, 0.3) is 11.4 Å². The van der Waals surface area contributed by atoms with Crippen LogP contribution in [-0.2, 0) is 0 Å². The second-order valence-electron chi connectivity index (χ2n) is 7.10. The highest BCUT2D eigenvalue weighted by molar-refractivity contribution is 5.53. The van der Waals surface area contributed by atoms with Crippen LogP contribution in [-0.4, -0.2) is 63.9 Å². The van der Waals surface area contributed by atoms with E-state index in [4.69, 9.17) is 4.52 Å². The number of hydrogen-bond donors (Lipinski definition) is 1. The zero-order valence-electron chi connectivity index (χ0n) is 14.3. The van der Waals surface area contributed by atoms with Gasteiger partial charge in [0.05, 0.1) is 12.1 Å². The molecule has 3 heterocycles. The lowest BCUT2D eigenvalue weighted by Crippen LogP contribution is -2.43. The molecule has 0 amide bonds. The summed E-state index contributed by atoms with van der Waals surface area (Å²) in [4.78, 5) is 9.17. The molecule has 25 heavy (non-hydrogen) atoms. The third kappa shape index (κ3) is 3.44. The van der Waals surface area contributed by atoms with E-state index in [1.807, 2.05) is 0 Å². The average molecular weight is 346 g/mol. The number of β-amino-alcohol motifs (C(OH)–C–C–N with tert-alkyl or cyclic N) is 1. The summed E-state index contributed by atoms with van der Waals surface area (Å²) in [6.07, 6.45) is 2.40. The van der Waals surface area contributed by atoms with Crippen LogP contribution in [0.5, 0.6) is 0 Å². The molecule has 2 fully saturated rings. The largest absolute Gasteiger partial charge is 0.392 e. The first-order valence-corrected chi connectivity index (χ1v) is 8.82. The zero-order chi connectivity index (χ0) is 17.4. The fourth-order valence-corrected chi connectivity index (χ4v) is 3.90. The smallest absolute Gasteiger partial charge is 0.244 e. The van der Waals surface area contributed by atoms with Crippen molar-refractivity contribution in [1.29, 1.82) is 0 Å². The van der Waals surface area contributed by atoms with Gasteiger partial charge < -0.3 is 14.5 Å². The molecule has 2 atom stereocenters. The van der Waals surface area contributed by atoms with Crippen LogP contribution < -0.4 is 0 Å². The summed E-state index contributed by atoms with van der Waals surface area (Å²) < 4.78 is 18.6. The molecule has 134 valence electrons. The Labute approximate surface area is 146 Å². The Hall–Kier alpha value is -1.83. The van der Waals surface area contributed by atoms with Crippen molar-refractivity contribution in [2.45, 2.75) is 37.5 Å². The summed E-state index contributed by atoms with van der Waals surface area (Å²) in [5.74, 6) is 0.703. The van der Waals surface area contributed by atoms with E-state index in [-0.39, 0.29) is 18.0 Å². The summed E-state index contributed by atoms with van der Waals surface area (Å²) in [5, 5.41) is 14.2. The molecule has 1 N–H and O–H groups in total. The number of nitrogens with zero attached hydrogens (tertiary/aromatic N) is 4. The van der Waals surface area contributed by atoms with Crippen molar-refractivity contribution in [1.82, 2.24) is 19.9 Å². The molecule has 4 rings (SSSR count). The number of halogens is 1. The predicted octanol–water partition coefficient (Wildman–Crippen LogP) is 2.08. The number of aromatic nitrogens is 2. The first-order valence-electron chi connectivity index (χ1n) is 8.82.